The van der Waals surface area contributed by atoms with Crippen LogP contribution in [0.15, 0.2) is 49.1 Å². The first-order chi connectivity index (χ1) is 20.8. The molecule has 5 heterocycles. The number of nitrogens with one attached hydrogen (secondary N) is 2. The fourth-order valence-electron chi connectivity index (χ4n) is 5.60. The van der Waals surface area contributed by atoms with E-state index in [1.807, 2.05) is 25.1 Å². The third-order valence-electron chi connectivity index (χ3n) is 8.12. The monoisotopic (exact) mass is 634 g/mol. The van der Waals surface area contributed by atoms with Crippen molar-refractivity contribution in [1.82, 2.24) is 30.2 Å². The number of nitrogens with zero attached hydrogens (tertiary/aromatic N) is 6. The molecular formula is C31H35ClN8O3S. The fraction of sp³-hybridized carbons (Fsp3) is 0.387. The quantitative estimate of drug-likeness (QED) is 0.311. The molecule has 44 heavy (non-hydrogen) atoms. The van der Waals surface area contributed by atoms with Crippen LogP contribution in [0, 0.1) is 18.3 Å². The smallest absolute Gasteiger partial charge is 0.253 e. The number of fused-ring (bicyclic) bond motifs is 1. The average Bonchev–Trinajstić information content (AvgIpc) is 3.44. The summed E-state index contributed by atoms with van der Waals surface area (Å²) in [6, 6.07) is 9.56. The lowest BCUT2D eigenvalue weighted by Gasteiger charge is -2.40. The number of hydrogen-bond acceptors (Lipinski definition) is 9. The average molecular weight is 635 g/mol. The summed E-state index contributed by atoms with van der Waals surface area (Å²) in [6.07, 6.45) is 8.20. The van der Waals surface area contributed by atoms with Gasteiger partial charge in [-0.25, -0.2) is 9.50 Å². The van der Waals surface area contributed by atoms with E-state index < -0.39 is 0 Å². The molecule has 1 atom stereocenters. The number of piperidine rings is 1. The minimum Gasteiger partial charge on any atom is -0.489 e. The Morgan fingerprint density at radius 1 is 1.27 bits per heavy atom. The van der Waals surface area contributed by atoms with E-state index in [2.05, 4.69) is 33.6 Å². The number of amides is 1. The lowest BCUT2D eigenvalue weighted by molar-refractivity contribution is 0.000107. The number of benzene rings is 1. The molecule has 2 aliphatic heterocycles. The van der Waals surface area contributed by atoms with Crippen LogP contribution in [0.2, 0.25) is 5.02 Å². The second-order valence-electron chi connectivity index (χ2n) is 11.3. The van der Waals surface area contributed by atoms with Crippen LogP contribution in [0.3, 0.4) is 0 Å². The van der Waals surface area contributed by atoms with Crippen molar-refractivity contribution in [3.63, 3.8) is 0 Å². The summed E-state index contributed by atoms with van der Waals surface area (Å²) in [5.74, 6) is 1.19. The third kappa shape index (κ3) is 6.61. The molecule has 0 unspecified atom stereocenters. The van der Waals surface area contributed by atoms with Gasteiger partial charge >= 0.3 is 0 Å². The third-order valence-corrected chi connectivity index (χ3v) is 8.43. The van der Waals surface area contributed by atoms with Crippen molar-refractivity contribution < 1.29 is 14.3 Å². The molecule has 0 spiro atoms. The Hall–Kier alpha value is -3.89. The first kappa shape index (κ1) is 31.5. The zero-order valence-corrected chi connectivity index (χ0v) is 26.4. The van der Waals surface area contributed by atoms with Crippen molar-refractivity contribution in [2.45, 2.75) is 38.3 Å². The molecule has 2 N–H and O–H groups in total. The highest BCUT2D eigenvalue weighted by molar-refractivity contribution is 7.59. The number of anilines is 1. The van der Waals surface area contributed by atoms with Gasteiger partial charge in [-0.15, -0.1) is 0 Å². The number of pyridine rings is 1. The first-order valence-corrected chi connectivity index (χ1v) is 14.7. The van der Waals surface area contributed by atoms with Crippen molar-refractivity contribution in [3.05, 3.63) is 70.8 Å². The highest BCUT2D eigenvalue weighted by Gasteiger charge is 2.33. The Kier molecular flexibility index (Phi) is 9.60. The molecule has 1 amide bonds. The minimum absolute atomic E-state index is 0. The Morgan fingerprint density at radius 2 is 2.09 bits per heavy atom. The molecule has 4 aromatic rings. The van der Waals surface area contributed by atoms with Gasteiger partial charge in [0.1, 0.15) is 30.3 Å². The molecule has 11 nitrogen and oxygen atoms in total. The van der Waals surface area contributed by atoms with Crippen molar-refractivity contribution >= 4 is 42.3 Å². The number of ether oxygens (including phenoxy) is 2. The Morgan fingerprint density at radius 3 is 2.77 bits per heavy atom. The summed E-state index contributed by atoms with van der Waals surface area (Å²) in [7, 11) is 0. The molecular weight excluding hydrogens is 600 g/mol. The number of carbonyl (C=O) groups excluding carboxylic acids is 1. The van der Waals surface area contributed by atoms with Crippen molar-refractivity contribution in [2.75, 3.05) is 44.3 Å². The molecule has 0 radical (unpaired) electrons. The Bertz CT molecular complexity index is 1660. The van der Waals surface area contributed by atoms with Gasteiger partial charge < -0.3 is 25.0 Å². The molecule has 6 rings (SSSR count). The normalized spacial score (nSPS) is 17.9. The van der Waals surface area contributed by atoms with E-state index in [0.29, 0.717) is 65.0 Å². The zero-order chi connectivity index (χ0) is 30.0. The number of rotatable bonds is 7. The van der Waals surface area contributed by atoms with Gasteiger partial charge in [0.15, 0.2) is 0 Å². The summed E-state index contributed by atoms with van der Waals surface area (Å²) >= 11 is 6.33. The van der Waals surface area contributed by atoms with Crippen LogP contribution in [-0.4, -0.2) is 76.5 Å². The van der Waals surface area contributed by atoms with E-state index in [1.165, 1.54) is 6.20 Å². The highest BCUT2D eigenvalue weighted by Crippen LogP contribution is 2.31. The summed E-state index contributed by atoms with van der Waals surface area (Å²) in [5, 5.41) is 21.0. The van der Waals surface area contributed by atoms with Gasteiger partial charge in [0.2, 0.25) is 0 Å². The largest absolute Gasteiger partial charge is 0.489 e. The van der Waals surface area contributed by atoms with Gasteiger partial charge in [0.05, 0.1) is 58.8 Å². The van der Waals surface area contributed by atoms with Crippen LogP contribution in [0.5, 0.6) is 5.75 Å². The van der Waals surface area contributed by atoms with Crippen molar-refractivity contribution in [3.8, 4) is 23.1 Å². The highest BCUT2D eigenvalue weighted by atomic mass is 35.5. The zero-order valence-electron chi connectivity index (χ0n) is 24.6. The molecule has 0 bridgehead atoms. The number of carbonyl (C=O) groups is 1. The molecule has 2 fully saturated rings. The first-order valence-electron chi connectivity index (χ1n) is 14.4. The molecule has 1 aromatic carbocycles. The summed E-state index contributed by atoms with van der Waals surface area (Å²) in [4.78, 5) is 24.7. The number of halogens is 1. The van der Waals surface area contributed by atoms with Crippen LogP contribution < -0.4 is 20.3 Å². The maximum Gasteiger partial charge on any atom is 0.253 e. The lowest BCUT2D eigenvalue weighted by Crippen LogP contribution is -2.53. The lowest BCUT2D eigenvalue weighted by atomic mass is 9.89. The SMILES string of the molecule is Cc1cccc(Cl)c1C(=O)NC1(C)CCN(c2cnc(-c3cc(OC[C@@H]4CNCCO4)cn4ncc(C#N)c34)cn2)CC1.S. The van der Waals surface area contributed by atoms with Crippen LogP contribution in [0.4, 0.5) is 5.82 Å². The van der Waals surface area contributed by atoms with E-state index in [1.54, 1.807) is 29.2 Å². The maximum atomic E-state index is 13.1. The summed E-state index contributed by atoms with van der Waals surface area (Å²) in [5.41, 5.74) is 3.40. The number of aromatic nitrogens is 4. The van der Waals surface area contributed by atoms with Gasteiger partial charge in [-0.05, 0) is 44.4 Å². The number of hydrogen-bond donors (Lipinski definition) is 2. The van der Waals surface area contributed by atoms with E-state index in [-0.39, 0.29) is 31.0 Å². The topological polar surface area (TPSA) is 130 Å². The van der Waals surface area contributed by atoms with Gasteiger partial charge in [-0.3, -0.25) is 9.78 Å². The number of aryl methyl sites for hydroxylation is 1. The predicted octanol–water partition coefficient (Wildman–Crippen LogP) is 3.89. The van der Waals surface area contributed by atoms with Crippen LogP contribution in [0.1, 0.15) is 41.3 Å². The number of morpholine rings is 1. The summed E-state index contributed by atoms with van der Waals surface area (Å²) < 4.78 is 13.5. The van der Waals surface area contributed by atoms with Gasteiger partial charge in [0, 0.05) is 37.3 Å². The fourth-order valence-corrected chi connectivity index (χ4v) is 5.91. The van der Waals surface area contributed by atoms with Crippen LogP contribution in [-0.2, 0) is 4.74 Å². The minimum atomic E-state index is -0.368. The standard InChI is InChI=1S/C31H33ClN8O3.H2S/c1-20-4-3-5-25(32)28(20)30(41)38-31(2)6-9-39(10-7-31)27-17-35-26(16-36-27)24-12-22(43-19-23-15-34-8-11-42-23)18-40-29(24)21(13-33)14-37-40;/h3-5,12,14,16-18,23,34H,6-11,15,19H2,1-2H3,(H,38,41);1H2/t23-;/m0./s1. The van der Waals surface area contributed by atoms with Crippen molar-refractivity contribution in [2.24, 2.45) is 0 Å². The summed E-state index contributed by atoms with van der Waals surface area (Å²) in [6.45, 7) is 7.98. The van der Waals surface area contributed by atoms with Crippen LogP contribution in [0.25, 0.3) is 16.8 Å². The van der Waals surface area contributed by atoms with E-state index in [0.717, 1.165) is 37.3 Å². The second-order valence-corrected chi connectivity index (χ2v) is 11.7. The molecule has 13 heteroatoms. The van der Waals surface area contributed by atoms with E-state index in [4.69, 9.17) is 31.0 Å². The molecule has 0 aliphatic carbocycles. The van der Waals surface area contributed by atoms with Gasteiger partial charge in [-0.1, -0.05) is 23.7 Å². The molecule has 2 saturated heterocycles. The number of nitriles is 1. The van der Waals surface area contributed by atoms with Gasteiger partial charge in [0.25, 0.3) is 5.91 Å². The van der Waals surface area contributed by atoms with E-state index in [9.17, 15) is 10.1 Å². The molecule has 230 valence electrons. The van der Waals surface area contributed by atoms with Crippen molar-refractivity contribution in [1.29, 1.82) is 5.26 Å². The molecule has 0 saturated carbocycles. The van der Waals surface area contributed by atoms with Crippen LogP contribution >= 0.6 is 25.1 Å². The maximum absolute atomic E-state index is 13.1. The second kappa shape index (κ2) is 13.4. The molecule has 3 aromatic heterocycles. The Labute approximate surface area is 268 Å². The van der Waals surface area contributed by atoms with E-state index >= 15 is 0 Å². The Balaban J connectivity index is 0.00000384. The molecule has 2 aliphatic rings. The van der Waals surface area contributed by atoms with Gasteiger partial charge in [-0.2, -0.15) is 23.9 Å². The predicted molar refractivity (Wildman–Crippen MR) is 173 cm³/mol.